The number of fused-ring (bicyclic) bond motifs is 1. The van der Waals surface area contributed by atoms with Gasteiger partial charge in [-0.1, -0.05) is 29.8 Å². The normalized spacial score (nSPS) is 15.0. The minimum atomic E-state index is -0.930. The second kappa shape index (κ2) is 11.0. The SMILES string of the molecule is CC(C)N1CCC(N)CC1.O=C(O)c1cc2ccccc2n1Cc1cnc(-c2ccc(Cl)s2)s1. The number of aromatic carboxylic acids is 1. The molecule has 0 atom stereocenters. The first-order valence-electron chi connectivity index (χ1n) is 11.3. The lowest BCUT2D eigenvalue weighted by molar-refractivity contribution is 0.0686. The fourth-order valence-corrected chi connectivity index (χ4v) is 6.08. The highest BCUT2D eigenvalue weighted by Gasteiger charge is 2.18. The van der Waals surface area contributed by atoms with Crippen molar-refractivity contribution in [2.24, 2.45) is 5.73 Å². The van der Waals surface area contributed by atoms with Gasteiger partial charge in [0.05, 0.1) is 15.8 Å². The molecular weight excluding hydrogens is 488 g/mol. The minimum Gasteiger partial charge on any atom is -0.477 e. The molecule has 34 heavy (non-hydrogen) atoms. The second-order valence-electron chi connectivity index (χ2n) is 8.68. The molecule has 4 aromatic rings. The van der Waals surface area contributed by atoms with Crippen LogP contribution in [0.4, 0.5) is 0 Å². The number of likely N-dealkylation sites (tertiary alicyclic amines) is 1. The number of rotatable bonds is 5. The van der Waals surface area contributed by atoms with Gasteiger partial charge in [0.2, 0.25) is 0 Å². The van der Waals surface area contributed by atoms with Crippen LogP contribution in [0.1, 0.15) is 42.1 Å². The number of para-hydroxylation sites is 1. The highest BCUT2D eigenvalue weighted by atomic mass is 35.5. The van der Waals surface area contributed by atoms with Crippen LogP contribution >= 0.6 is 34.3 Å². The number of nitrogens with zero attached hydrogens (tertiary/aromatic N) is 3. The van der Waals surface area contributed by atoms with E-state index in [0.29, 0.717) is 18.6 Å². The number of carboxylic acids is 1. The van der Waals surface area contributed by atoms with Gasteiger partial charge in [-0.25, -0.2) is 9.78 Å². The molecule has 1 aromatic carbocycles. The first kappa shape index (κ1) is 24.9. The molecule has 1 saturated heterocycles. The Morgan fingerprint density at radius 1 is 1.21 bits per heavy atom. The maximum Gasteiger partial charge on any atom is 0.352 e. The number of benzene rings is 1. The van der Waals surface area contributed by atoms with E-state index >= 15 is 0 Å². The van der Waals surface area contributed by atoms with Crippen molar-refractivity contribution in [2.75, 3.05) is 13.1 Å². The monoisotopic (exact) mass is 516 g/mol. The van der Waals surface area contributed by atoms with Crippen LogP contribution < -0.4 is 5.73 Å². The molecule has 0 unspecified atom stereocenters. The van der Waals surface area contributed by atoms with Crippen LogP contribution in [0.15, 0.2) is 48.7 Å². The third kappa shape index (κ3) is 5.87. The topological polar surface area (TPSA) is 84.4 Å². The fraction of sp³-hybridized carbons (Fsp3) is 0.360. The summed E-state index contributed by atoms with van der Waals surface area (Å²) in [5.41, 5.74) is 6.96. The lowest BCUT2D eigenvalue weighted by Crippen LogP contribution is -2.42. The predicted octanol–water partition coefficient (Wildman–Crippen LogP) is 6.04. The zero-order valence-corrected chi connectivity index (χ0v) is 21.7. The van der Waals surface area contributed by atoms with E-state index in [1.807, 2.05) is 41.0 Å². The van der Waals surface area contributed by atoms with Gasteiger partial charge in [0.15, 0.2) is 0 Å². The first-order chi connectivity index (χ1) is 16.3. The zero-order chi connectivity index (χ0) is 24.2. The quantitative estimate of drug-likeness (QED) is 0.337. The maximum atomic E-state index is 11.6. The minimum absolute atomic E-state index is 0.283. The molecule has 0 saturated carbocycles. The van der Waals surface area contributed by atoms with E-state index in [1.54, 1.807) is 23.6 Å². The molecule has 1 fully saturated rings. The lowest BCUT2D eigenvalue weighted by atomic mass is 10.1. The summed E-state index contributed by atoms with van der Waals surface area (Å²) < 4.78 is 2.54. The molecule has 5 rings (SSSR count). The molecule has 0 spiro atoms. The zero-order valence-electron chi connectivity index (χ0n) is 19.3. The molecule has 0 radical (unpaired) electrons. The fourth-order valence-electron chi connectivity index (χ4n) is 4.07. The largest absolute Gasteiger partial charge is 0.477 e. The van der Waals surface area contributed by atoms with Gasteiger partial charge in [-0.2, -0.15) is 0 Å². The summed E-state index contributed by atoms with van der Waals surface area (Å²) in [5, 5.41) is 11.3. The third-order valence-corrected chi connectivity index (χ3v) is 8.37. The van der Waals surface area contributed by atoms with Crippen LogP contribution in [0.5, 0.6) is 0 Å². The molecular formula is C25H29ClN4O2S2. The lowest BCUT2D eigenvalue weighted by Gasteiger charge is -2.32. The number of thiazole rings is 1. The van der Waals surface area contributed by atoms with E-state index in [9.17, 15) is 9.90 Å². The van der Waals surface area contributed by atoms with Gasteiger partial charge in [0, 0.05) is 34.1 Å². The standard InChI is InChI=1S/C17H11ClN2O2S2.C8H18N2/c18-15-6-5-14(24-15)16-19-8-11(23-16)9-20-12-4-2-1-3-10(12)7-13(20)17(21)22;1-7(2)10-5-3-8(9)4-6-10/h1-8H,9H2,(H,21,22);7-8H,3-6,9H2,1-2H3. The van der Waals surface area contributed by atoms with Crippen LogP contribution in [0.25, 0.3) is 20.8 Å². The van der Waals surface area contributed by atoms with Crippen LogP contribution in [-0.4, -0.2) is 50.7 Å². The van der Waals surface area contributed by atoms with Gasteiger partial charge in [-0.15, -0.1) is 22.7 Å². The molecule has 0 amide bonds. The van der Waals surface area contributed by atoms with Gasteiger partial charge < -0.3 is 20.3 Å². The van der Waals surface area contributed by atoms with E-state index in [0.717, 1.165) is 30.0 Å². The number of carbonyl (C=O) groups is 1. The van der Waals surface area contributed by atoms with Crippen molar-refractivity contribution in [3.05, 3.63) is 63.6 Å². The first-order valence-corrected chi connectivity index (χ1v) is 13.3. The molecule has 0 bridgehead atoms. The Bertz CT molecular complexity index is 1250. The number of hydrogen-bond acceptors (Lipinski definition) is 6. The highest BCUT2D eigenvalue weighted by molar-refractivity contribution is 7.23. The number of piperidine rings is 1. The number of hydrogen-bond donors (Lipinski definition) is 2. The van der Waals surface area contributed by atoms with Crippen molar-refractivity contribution in [3.63, 3.8) is 0 Å². The Balaban J connectivity index is 0.000000231. The average molecular weight is 517 g/mol. The molecule has 1 aliphatic rings. The summed E-state index contributed by atoms with van der Waals surface area (Å²) >= 11 is 9.02. The number of halogens is 1. The Kier molecular flexibility index (Phi) is 8.06. The van der Waals surface area contributed by atoms with Crippen LogP contribution in [-0.2, 0) is 6.54 Å². The number of thiophene rings is 1. The number of aromatic nitrogens is 2. The molecule has 9 heteroatoms. The van der Waals surface area contributed by atoms with Crippen molar-refractivity contribution in [1.82, 2.24) is 14.5 Å². The molecule has 3 aromatic heterocycles. The summed E-state index contributed by atoms with van der Waals surface area (Å²) in [5.74, 6) is -0.930. The van der Waals surface area contributed by atoms with Gasteiger partial charge >= 0.3 is 5.97 Å². The van der Waals surface area contributed by atoms with Crippen molar-refractivity contribution < 1.29 is 9.90 Å². The van der Waals surface area contributed by atoms with E-state index in [-0.39, 0.29) is 5.69 Å². The summed E-state index contributed by atoms with van der Waals surface area (Å²) in [6.45, 7) is 7.36. The summed E-state index contributed by atoms with van der Waals surface area (Å²) in [6.07, 6.45) is 4.16. The summed E-state index contributed by atoms with van der Waals surface area (Å²) in [6, 6.07) is 14.3. The Labute approximate surface area is 212 Å². The summed E-state index contributed by atoms with van der Waals surface area (Å²) in [7, 11) is 0. The van der Waals surface area contributed by atoms with E-state index in [4.69, 9.17) is 17.3 Å². The summed E-state index contributed by atoms with van der Waals surface area (Å²) in [4.78, 5) is 20.5. The van der Waals surface area contributed by atoms with Gasteiger partial charge in [-0.3, -0.25) is 0 Å². The Hall–Kier alpha value is -2.23. The molecule has 4 heterocycles. The molecule has 0 aliphatic carbocycles. The van der Waals surface area contributed by atoms with Crippen LogP contribution in [0.2, 0.25) is 4.34 Å². The van der Waals surface area contributed by atoms with Crippen molar-refractivity contribution in [1.29, 1.82) is 0 Å². The molecule has 1 aliphatic heterocycles. The molecule has 3 N–H and O–H groups in total. The van der Waals surface area contributed by atoms with Crippen molar-refractivity contribution >= 4 is 51.1 Å². The smallest absolute Gasteiger partial charge is 0.352 e. The molecule has 6 nitrogen and oxygen atoms in total. The maximum absolute atomic E-state index is 11.6. The van der Waals surface area contributed by atoms with Crippen LogP contribution in [0, 0.1) is 0 Å². The van der Waals surface area contributed by atoms with Crippen molar-refractivity contribution in [2.45, 2.75) is 45.3 Å². The third-order valence-electron chi connectivity index (χ3n) is 5.99. The van der Waals surface area contributed by atoms with Crippen LogP contribution in [0.3, 0.4) is 0 Å². The Morgan fingerprint density at radius 2 is 1.94 bits per heavy atom. The van der Waals surface area contributed by atoms with E-state index in [2.05, 4.69) is 23.7 Å². The average Bonchev–Trinajstić information content (AvgIpc) is 3.54. The highest BCUT2D eigenvalue weighted by Crippen LogP contribution is 2.34. The second-order valence-corrected chi connectivity index (χ2v) is 11.5. The number of carboxylic acid groups (broad SMARTS) is 1. The molecule has 180 valence electrons. The van der Waals surface area contributed by atoms with Gasteiger partial charge in [0.1, 0.15) is 10.7 Å². The van der Waals surface area contributed by atoms with E-state index < -0.39 is 5.97 Å². The number of nitrogens with two attached hydrogens (primary N) is 1. The Morgan fingerprint density at radius 3 is 2.59 bits per heavy atom. The van der Waals surface area contributed by atoms with Gasteiger partial charge in [-0.05, 0) is 64.0 Å². The van der Waals surface area contributed by atoms with Gasteiger partial charge in [0.25, 0.3) is 0 Å². The predicted molar refractivity (Wildman–Crippen MR) is 142 cm³/mol. The van der Waals surface area contributed by atoms with Crippen molar-refractivity contribution in [3.8, 4) is 9.88 Å². The van der Waals surface area contributed by atoms with E-state index in [1.165, 1.54) is 37.3 Å².